The molecular formula is C21H32N2O. The monoisotopic (exact) mass is 328 g/mol. The number of hydrogen-bond acceptors (Lipinski definition) is 2. The highest BCUT2D eigenvalue weighted by molar-refractivity contribution is 5.74. The van der Waals surface area contributed by atoms with Crippen LogP contribution in [-0.4, -0.2) is 22.7 Å². The van der Waals surface area contributed by atoms with Crippen LogP contribution in [-0.2, 0) is 11.2 Å². The number of nitrogens with one attached hydrogen (secondary N) is 1. The number of H-pyrrole nitrogens is 1. The van der Waals surface area contributed by atoms with Crippen LogP contribution in [0.2, 0.25) is 0 Å². The van der Waals surface area contributed by atoms with E-state index in [2.05, 4.69) is 28.2 Å². The van der Waals surface area contributed by atoms with Crippen LogP contribution in [0.4, 0.5) is 0 Å². The Balaban J connectivity index is 1.16. The van der Waals surface area contributed by atoms with Gasteiger partial charge in [0, 0.05) is 13.0 Å². The Morgan fingerprint density at radius 3 is 2.46 bits per heavy atom. The van der Waals surface area contributed by atoms with E-state index in [1.165, 1.54) is 70.6 Å². The van der Waals surface area contributed by atoms with Gasteiger partial charge in [-0.25, -0.2) is 4.98 Å². The van der Waals surface area contributed by atoms with Gasteiger partial charge in [-0.1, -0.05) is 57.1 Å². The van der Waals surface area contributed by atoms with E-state index in [-0.39, 0.29) is 0 Å². The summed E-state index contributed by atoms with van der Waals surface area (Å²) in [6, 6.07) is 8.29. The van der Waals surface area contributed by atoms with Crippen LogP contribution in [0.25, 0.3) is 11.0 Å². The van der Waals surface area contributed by atoms with E-state index >= 15 is 0 Å². The first kappa shape index (κ1) is 17.5. The lowest BCUT2D eigenvalue weighted by Crippen LogP contribution is -2.03. The Bertz CT molecular complexity index is 553. The topological polar surface area (TPSA) is 37.9 Å². The molecule has 2 aromatic rings. The van der Waals surface area contributed by atoms with Gasteiger partial charge in [0.05, 0.1) is 17.1 Å². The van der Waals surface area contributed by atoms with Crippen LogP contribution in [0, 0.1) is 0 Å². The molecular weight excluding hydrogens is 296 g/mol. The van der Waals surface area contributed by atoms with Crippen molar-refractivity contribution in [1.82, 2.24) is 9.97 Å². The van der Waals surface area contributed by atoms with Gasteiger partial charge in [-0.2, -0.15) is 0 Å². The maximum atomic E-state index is 5.67. The standard InChI is InChI=1S/C21H32N2O/c1(3-5-7-12-18-13-11-17-24-18)2-4-6-8-16-21-22-19-14-9-10-15-20(19)23-21/h9-10,14-15,18H,1-8,11-13,16-17H2,(H,22,23)/t18-/m1/s1. The Labute approximate surface area is 146 Å². The molecule has 0 bridgehead atoms. The fourth-order valence-corrected chi connectivity index (χ4v) is 3.72. The van der Waals surface area contributed by atoms with Gasteiger partial charge >= 0.3 is 0 Å². The molecule has 1 fully saturated rings. The van der Waals surface area contributed by atoms with E-state index in [9.17, 15) is 0 Å². The number of ether oxygens (including phenoxy) is 1. The second kappa shape index (κ2) is 9.83. The van der Waals surface area contributed by atoms with Gasteiger partial charge in [0.2, 0.25) is 0 Å². The molecule has 132 valence electrons. The first-order valence-corrected chi connectivity index (χ1v) is 9.97. The molecule has 0 aliphatic carbocycles. The lowest BCUT2D eigenvalue weighted by Gasteiger charge is -2.08. The third-order valence-corrected chi connectivity index (χ3v) is 5.15. The van der Waals surface area contributed by atoms with E-state index < -0.39 is 0 Å². The zero-order chi connectivity index (χ0) is 16.5. The van der Waals surface area contributed by atoms with Gasteiger partial charge in [-0.3, -0.25) is 0 Å². The number of imidazole rings is 1. The quantitative estimate of drug-likeness (QED) is 0.530. The first-order chi connectivity index (χ1) is 11.9. The van der Waals surface area contributed by atoms with Crippen LogP contribution in [0.5, 0.6) is 0 Å². The van der Waals surface area contributed by atoms with Crippen molar-refractivity contribution in [3.63, 3.8) is 0 Å². The van der Waals surface area contributed by atoms with E-state index in [1.54, 1.807) is 0 Å². The number of aromatic amines is 1. The highest BCUT2D eigenvalue weighted by atomic mass is 16.5. The summed E-state index contributed by atoms with van der Waals surface area (Å²) in [5.74, 6) is 1.14. The van der Waals surface area contributed by atoms with Crippen molar-refractivity contribution in [3.05, 3.63) is 30.1 Å². The molecule has 0 radical (unpaired) electrons. The Kier molecular flexibility index (Phi) is 7.15. The average Bonchev–Trinajstić information content (AvgIpc) is 3.25. The lowest BCUT2D eigenvalue weighted by molar-refractivity contribution is 0.102. The van der Waals surface area contributed by atoms with Crippen LogP contribution >= 0.6 is 0 Å². The van der Waals surface area contributed by atoms with E-state index in [4.69, 9.17) is 4.74 Å². The molecule has 1 aromatic carbocycles. The molecule has 3 nitrogen and oxygen atoms in total. The van der Waals surface area contributed by atoms with Gasteiger partial charge in [0.1, 0.15) is 5.82 Å². The third-order valence-electron chi connectivity index (χ3n) is 5.15. The molecule has 3 heteroatoms. The number of hydrogen-bond donors (Lipinski definition) is 1. The molecule has 1 atom stereocenters. The van der Waals surface area contributed by atoms with Crippen LogP contribution in [0.15, 0.2) is 24.3 Å². The Hall–Kier alpha value is -1.35. The number of rotatable bonds is 11. The van der Waals surface area contributed by atoms with E-state index in [0.29, 0.717) is 6.10 Å². The normalized spacial score (nSPS) is 17.8. The van der Waals surface area contributed by atoms with Crippen LogP contribution in [0.3, 0.4) is 0 Å². The highest BCUT2D eigenvalue weighted by Crippen LogP contribution is 2.19. The summed E-state index contributed by atoms with van der Waals surface area (Å²) >= 11 is 0. The molecule has 1 aliphatic rings. The van der Waals surface area contributed by atoms with Crippen molar-refractivity contribution in [2.75, 3.05) is 6.61 Å². The summed E-state index contributed by atoms with van der Waals surface area (Å²) in [7, 11) is 0. The predicted molar refractivity (Wildman–Crippen MR) is 100 cm³/mol. The van der Waals surface area contributed by atoms with Crippen molar-refractivity contribution in [2.24, 2.45) is 0 Å². The predicted octanol–water partition coefficient (Wildman–Crippen LogP) is 5.80. The number of aryl methyl sites for hydroxylation is 1. The van der Waals surface area contributed by atoms with E-state index in [1.807, 2.05) is 6.07 Å². The smallest absolute Gasteiger partial charge is 0.107 e. The molecule has 0 unspecified atom stereocenters. The minimum Gasteiger partial charge on any atom is -0.378 e. The largest absolute Gasteiger partial charge is 0.378 e. The fraction of sp³-hybridized carbons (Fsp3) is 0.667. The minimum atomic E-state index is 0.586. The molecule has 1 saturated heterocycles. The van der Waals surface area contributed by atoms with Crippen molar-refractivity contribution >= 4 is 11.0 Å². The first-order valence-electron chi connectivity index (χ1n) is 9.97. The van der Waals surface area contributed by atoms with Crippen LogP contribution in [0.1, 0.15) is 76.5 Å². The molecule has 1 aromatic heterocycles. The second-order valence-electron chi connectivity index (χ2n) is 7.20. The van der Waals surface area contributed by atoms with Gasteiger partial charge in [0.25, 0.3) is 0 Å². The van der Waals surface area contributed by atoms with Crippen molar-refractivity contribution in [2.45, 2.75) is 83.2 Å². The SMILES string of the molecule is c1ccc2[nH]c(CCCCCCCCCC[C@@H]3CCCO3)nc2c1. The Morgan fingerprint density at radius 1 is 0.958 bits per heavy atom. The van der Waals surface area contributed by atoms with Gasteiger partial charge in [0.15, 0.2) is 0 Å². The molecule has 1 aliphatic heterocycles. The van der Waals surface area contributed by atoms with E-state index in [0.717, 1.165) is 29.9 Å². The van der Waals surface area contributed by atoms with Crippen molar-refractivity contribution in [1.29, 1.82) is 0 Å². The van der Waals surface area contributed by atoms with Crippen LogP contribution < -0.4 is 0 Å². The Morgan fingerprint density at radius 2 is 1.71 bits per heavy atom. The third kappa shape index (κ3) is 5.62. The van der Waals surface area contributed by atoms with Gasteiger partial charge < -0.3 is 9.72 Å². The number of para-hydroxylation sites is 2. The van der Waals surface area contributed by atoms with Gasteiger partial charge in [-0.15, -0.1) is 0 Å². The molecule has 0 saturated carbocycles. The molecule has 1 N–H and O–H groups in total. The summed E-state index contributed by atoms with van der Waals surface area (Å²) in [4.78, 5) is 8.07. The molecule has 0 spiro atoms. The molecule has 2 heterocycles. The van der Waals surface area contributed by atoms with Crippen molar-refractivity contribution < 1.29 is 4.74 Å². The zero-order valence-electron chi connectivity index (χ0n) is 14.9. The summed E-state index contributed by atoms with van der Waals surface area (Å²) < 4.78 is 5.67. The van der Waals surface area contributed by atoms with Gasteiger partial charge in [-0.05, 0) is 37.8 Å². The maximum absolute atomic E-state index is 5.67. The molecule has 0 amide bonds. The summed E-state index contributed by atoms with van der Waals surface area (Å²) in [6.07, 6.45) is 16.4. The van der Waals surface area contributed by atoms with Crippen molar-refractivity contribution in [3.8, 4) is 0 Å². The number of nitrogens with zero attached hydrogens (tertiary/aromatic N) is 1. The molecule has 3 rings (SSSR count). The minimum absolute atomic E-state index is 0.586. The number of benzene rings is 1. The number of fused-ring (bicyclic) bond motifs is 1. The maximum Gasteiger partial charge on any atom is 0.107 e. The summed E-state index contributed by atoms with van der Waals surface area (Å²) in [5, 5.41) is 0. The number of aromatic nitrogens is 2. The summed E-state index contributed by atoms with van der Waals surface area (Å²) in [5.41, 5.74) is 2.26. The summed E-state index contributed by atoms with van der Waals surface area (Å²) in [6.45, 7) is 0.999. The second-order valence-corrected chi connectivity index (χ2v) is 7.20. The fourth-order valence-electron chi connectivity index (χ4n) is 3.72. The highest BCUT2D eigenvalue weighted by Gasteiger charge is 2.14. The average molecular weight is 329 g/mol. The zero-order valence-corrected chi connectivity index (χ0v) is 14.9. The lowest BCUT2D eigenvalue weighted by atomic mass is 10.0. The number of unbranched alkanes of at least 4 members (excludes halogenated alkanes) is 7. The molecule has 24 heavy (non-hydrogen) atoms.